The Morgan fingerprint density at radius 3 is 2.31 bits per heavy atom. The summed E-state index contributed by atoms with van der Waals surface area (Å²) < 4.78 is 38.7. The SMILES string of the molecule is COc1ccc(OCCN(C)C(=O)c2cccc(S(=O)(=O)N3CC(C)CC(C)C3)c2)cc1. The van der Waals surface area contributed by atoms with Gasteiger partial charge in [-0.3, -0.25) is 4.79 Å². The van der Waals surface area contributed by atoms with E-state index in [1.165, 1.54) is 11.0 Å². The average molecular weight is 461 g/mol. The molecule has 2 unspecified atom stereocenters. The van der Waals surface area contributed by atoms with Crippen LogP contribution in [-0.4, -0.2) is 63.9 Å². The maximum absolute atomic E-state index is 13.2. The number of likely N-dealkylation sites (N-methyl/N-ethyl adjacent to an activating group) is 1. The van der Waals surface area contributed by atoms with Gasteiger partial charge >= 0.3 is 0 Å². The number of hydrogen-bond acceptors (Lipinski definition) is 5. The monoisotopic (exact) mass is 460 g/mol. The molecule has 0 radical (unpaired) electrons. The molecule has 0 aliphatic carbocycles. The number of sulfonamides is 1. The van der Waals surface area contributed by atoms with Crippen LogP contribution in [0.2, 0.25) is 0 Å². The molecule has 1 amide bonds. The van der Waals surface area contributed by atoms with Crippen molar-refractivity contribution in [1.82, 2.24) is 9.21 Å². The highest BCUT2D eigenvalue weighted by atomic mass is 32.2. The molecule has 2 atom stereocenters. The van der Waals surface area contributed by atoms with Gasteiger partial charge in [-0.15, -0.1) is 0 Å². The summed E-state index contributed by atoms with van der Waals surface area (Å²) in [5.41, 5.74) is 0.344. The molecule has 1 aliphatic heterocycles. The number of rotatable bonds is 8. The second-order valence-corrected chi connectivity index (χ2v) is 10.5. The molecule has 7 nitrogen and oxygen atoms in total. The minimum absolute atomic E-state index is 0.160. The van der Waals surface area contributed by atoms with E-state index in [1.807, 2.05) is 0 Å². The minimum Gasteiger partial charge on any atom is -0.497 e. The van der Waals surface area contributed by atoms with Gasteiger partial charge in [0.1, 0.15) is 18.1 Å². The highest BCUT2D eigenvalue weighted by Gasteiger charge is 2.32. The summed E-state index contributed by atoms with van der Waals surface area (Å²) in [4.78, 5) is 14.6. The van der Waals surface area contributed by atoms with Crippen LogP contribution in [0.25, 0.3) is 0 Å². The van der Waals surface area contributed by atoms with E-state index < -0.39 is 10.0 Å². The Labute approximate surface area is 191 Å². The third kappa shape index (κ3) is 5.81. The number of nitrogens with zero attached hydrogens (tertiary/aromatic N) is 2. The van der Waals surface area contributed by atoms with Crippen molar-refractivity contribution >= 4 is 15.9 Å². The summed E-state index contributed by atoms with van der Waals surface area (Å²) in [6, 6.07) is 13.5. The van der Waals surface area contributed by atoms with E-state index in [0.29, 0.717) is 49.4 Å². The van der Waals surface area contributed by atoms with Gasteiger partial charge < -0.3 is 14.4 Å². The van der Waals surface area contributed by atoms with Crippen LogP contribution in [-0.2, 0) is 10.0 Å². The molecule has 0 saturated carbocycles. The van der Waals surface area contributed by atoms with Gasteiger partial charge in [-0.05, 0) is 60.7 Å². The first kappa shape index (κ1) is 24.1. The number of carbonyl (C=O) groups excluding carboxylic acids is 1. The van der Waals surface area contributed by atoms with Gasteiger partial charge in [0.15, 0.2) is 0 Å². The molecule has 2 aromatic carbocycles. The van der Waals surface area contributed by atoms with Crippen LogP contribution in [0.1, 0.15) is 30.6 Å². The van der Waals surface area contributed by atoms with E-state index in [2.05, 4.69) is 13.8 Å². The smallest absolute Gasteiger partial charge is 0.253 e. The number of carbonyl (C=O) groups is 1. The van der Waals surface area contributed by atoms with Crippen LogP contribution < -0.4 is 9.47 Å². The van der Waals surface area contributed by atoms with E-state index >= 15 is 0 Å². The number of methoxy groups -OCH3 is 1. The van der Waals surface area contributed by atoms with E-state index in [1.54, 1.807) is 60.9 Å². The first-order valence-electron chi connectivity index (χ1n) is 10.8. The third-order valence-electron chi connectivity index (χ3n) is 5.66. The zero-order chi connectivity index (χ0) is 23.3. The predicted molar refractivity (Wildman–Crippen MR) is 124 cm³/mol. The van der Waals surface area contributed by atoms with Crippen molar-refractivity contribution in [2.45, 2.75) is 25.2 Å². The van der Waals surface area contributed by atoms with Gasteiger partial charge in [-0.1, -0.05) is 19.9 Å². The fourth-order valence-electron chi connectivity index (χ4n) is 4.03. The lowest BCUT2D eigenvalue weighted by molar-refractivity contribution is 0.0773. The van der Waals surface area contributed by atoms with Gasteiger partial charge in [-0.2, -0.15) is 4.31 Å². The first-order valence-corrected chi connectivity index (χ1v) is 12.3. The Balaban J connectivity index is 1.63. The number of benzene rings is 2. The van der Waals surface area contributed by atoms with Gasteiger partial charge in [0, 0.05) is 25.7 Å². The largest absolute Gasteiger partial charge is 0.497 e. The quantitative estimate of drug-likeness (QED) is 0.603. The highest BCUT2D eigenvalue weighted by Crippen LogP contribution is 2.27. The van der Waals surface area contributed by atoms with Gasteiger partial charge in [0.05, 0.1) is 18.6 Å². The molecule has 1 heterocycles. The Hall–Kier alpha value is -2.58. The van der Waals surface area contributed by atoms with Crippen LogP contribution in [0.15, 0.2) is 53.4 Å². The van der Waals surface area contributed by atoms with Crippen LogP contribution in [0.5, 0.6) is 11.5 Å². The summed E-state index contributed by atoms with van der Waals surface area (Å²) in [5, 5.41) is 0. The Kier molecular flexibility index (Phi) is 7.79. The molecule has 0 bridgehead atoms. The molecule has 8 heteroatoms. The molecule has 0 N–H and O–H groups in total. The number of ether oxygens (including phenoxy) is 2. The van der Waals surface area contributed by atoms with Crippen molar-refractivity contribution in [3.05, 3.63) is 54.1 Å². The summed E-state index contributed by atoms with van der Waals surface area (Å²) >= 11 is 0. The van der Waals surface area contributed by atoms with E-state index in [-0.39, 0.29) is 10.8 Å². The normalized spacial score (nSPS) is 19.4. The maximum atomic E-state index is 13.2. The highest BCUT2D eigenvalue weighted by molar-refractivity contribution is 7.89. The van der Waals surface area contributed by atoms with Crippen LogP contribution >= 0.6 is 0 Å². The molecule has 174 valence electrons. The molecule has 1 saturated heterocycles. The summed E-state index contributed by atoms with van der Waals surface area (Å²) in [5.74, 6) is 1.81. The standard InChI is InChI=1S/C24H32N2O5S/c1-18-14-19(2)17-26(16-18)32(28,29)23-7-5-6-20(15-23)24(27)25(3)12-13-31-22-10-8-21(30-4)9-11-22/h5-11,15,18-19H,12-14,16-17H2,1-4H3. The molecule has 32 heavy (non-hydrogen) atoms. The Bertz CT molecular complexity index is 1010. The van der Waals surface area contributed by atoms with E-state index in [4.69, 9.17) is 9.47 Å². The molecule has 1 aliphatic rings. The second-order valence-electron chi connectivity index (χ2n) is 8.55. The van der Waals surface area contributed by atoms with Gasteiger partial charge in [-0.25, -0.2) is 8.42 Å². The number of amides is 1. The fourth-order valence-corrected chi connectivity index (χ4v) is 5.76. The molecule has 0 spiro atoms. The van der Waals surface area contributed by atoms with Crippen molar-refractivity contribution in [3.8, 4) is 11.5 Å². The molecular formula is C24H32N2O5S. The summed E-state index contributed by atoms with van der Waals surface area (Å²) in [6.45, 7) is 5.84. The van der Waals surface area contributed by atoms with Crippen LogP contribution in [0.4, 0.5) is 0 Å². The fraction of sp³-hybridized carbons (Fsp3) is 0.458. The molecule has 2 aromatic rings. The van der Waals surface area contributed by atoms with E-state index in [0.717, 1.165) is 12.2 Å². The lowest BCUT2D eigenvalue weighted by Crippen LogP contribution is -2.42. The van der Waals surface area contributed by atoms with Gasteiger partial charge in [0.2, 0.25) is 10.0 Å². The Morgan fingerprint density at radius 2 is 1.69 bits per heavy atom. The zero-order valence-corrected chi connectivity index (χ0v) is 20.0. The van der Waals surface area contributed by atoms with Crippen molar-refractivity contribution in [1.29, 1.82) is 0 Å². The van der Waals surface area contributed by atoms with Crippen LogP contribution in [0, 0.1) is 11.8 Å². The minimum atomic E-state index is -3.64. The molecule has 1 fully saturated rings. The molecule has 3 rings (SSSR count). The van der Waals surface area contributed by atoms with E-state index in [9.17, 15) is 13.2 Å². The van der Waals surface area contributed by atoms with Crippen LogP contribution in [0.3, 0.4) is 0 Å². The number of hydrogen-bond donors (Lipinski definition) is 0. The lowest BCUT2D eigenvalue weighted by Gasteiger charge is -2.34. The van der Waals surface area contributed by atoms with Gasteiger partial charge in [0.25, 0.3) is 5.91 Å². The van der Waals surface area contributed by atoms with Crippen molar-refractivity contribution in [2.24, 2.45) is 11.8 Å². The Morgan fingerprint density at radius 1 is 1.06 bits per heavy atom. The summed E-state index contributed by atoms with van der Waals surface area (Å²) in [6.07, 6.45) is 1.02. The van der Waals surface area contributed by atoms with Crippen molar-refractivity contribution < 1.29 is 22.7 Å². The topological polar surface area (TPSA) is 76.1 Å². The number of piperidine rings is 1. The first-order chi connectivity index (χ1) is 15.2. The average Bonchev–Trinajstić information content (AvgIpc) is 2.78. The molecule has 0 aromatic heterocycles. The lowest BCUT2D eigenvalue weighted by atomic mass is 9.94. The zero-order valence-electron chi connectivity index (χ0n) is 19.2. The third-order valence-corrected chi connectivity index (χ3v) is 7.48. The second kappa shape index (κ2) is 10.4. The maximum Gasteiger partial charge on any atom is 0.253 e. The van der Waals surface area contributed by atoms with Crippen molar-refractivity contribution in [2.75, 3.05) is 40.4 Å². The van der Waals surface area contributed by atoms with Crippen molar-refractivity contribution in [3.63, 3.8) is 0 Å². The predicted octanol–water partition coefficient (Wildman–Crippen LogP) is 3.51. The molecular weight excluding hydrogens is 428 g/mol. The summed E-state index contributed by atoms with van der Waals surface area (Å²) in [7, 11) is -0.364.